The molecule has 7 heteroatoms. The Bertz CT molecular complexity index is 1170. The summed E-state index contributed by atoms with van der Waals surface area (Å²) >= 11 is 0. The molecule has 3 heterocycles. The van der Waals surface area contributed by atoms with Gasteiger partial charge in [-0.15, -0.1) is 0 Å². The van der Waals surface area contributed by atoms with Crippen molar-refractivity contribution in [3.63, 3.8) is 0 Å². The normalized spacial score (nSPS) is 19.1. The number of nitrogens with zero attached hydrogens (tertiary/aromatic N) is 2. The highest BCUT2D eigenvalue weighted by Crippen LogP contribution is 2.52. The van der Waals surface area contributed by atoms with E-state index in [-0.39, 0.29) is 19.2 Å². The Kier molecular flexibility index (Phi) is 4.36. The molecule has 5 rings (SSSR count). The third-order valence-corrected chi connectivity index (χ3v) is 5.35. The molecular formula is C24H22FN3O3. The third kappa shape index (κ3) is 3.46. The summed E-state index contributed by atoms with van der Waals surface area (Å²) in [7, 11) is 0. The first-order valence-corrected chi connectivity index (χ1v) is 10.0. The maximum Gasteiger partial charge on any atom is 0.283 e. The molecular weight excluding hydrogens is 397 g/mol. The van der Waals surface area contributed by atoms with Crippen LogP contribution in [0.4, 0.5) is 4.39 Å². The van der Waals surface area contributed by atoms with Gasteiger partial charge in [-0.2, -0.15) is 0 Å². The SMILES string of the molecule is CC(C)(F)COc1ccc2c(c1)[C@]1(COC(N)=N1)c1cc(-c3cccnc3)ccc1O2. The van der Waals surface area contributed by atoms with Gasteiger partial charge < -0.3 is 19.9 Å². The fraction of sp³-hybridized carbons (Fsp3) is 0.250. The molecule has 0 unspecified atom stereocenters. The molecule has 0 bridgehead atoms. The summed E-state index contributed by atoms with van der Waals surface area (Å²) in [5.41, 5.74) is 7.18. The van der Waals surface area contributed by atoms with E-state index in [9.17, 15) is 4.39 Å². The number of alkyl halides is 1. The minimum Gasteiger partial charge on any atom is -0.490 e. The molecule has 0 radical (unpaired) electrons. The predicted octanol–water partition coefficient (Wildman–Crippen LogP) is 4.57. The number of benzene rings is 2. The average molecular weight is 419 g/mol. The number of rotatable bonds is 4. The molecule has 0 saturated heterocycles. The van der Waals surface area contributed by atoms with Crippen molar-refractivity contribution in [2.75, 3.05) is 13.2 Å². The van der Waals surface area contributed by atoms with Crippen LogP contribution in [0.5, 0.6) is 17.2 Å². The Morgan fingerprint density at radius 3 is 2.55 bits per heavy atom. The van der Waals surface area contributed by atoms with E-state index in [1.807, 2.05) is 36.4 Å². The molecule has 0 amide bonds. The molecule has 0 saturated carbocycles. The first-order chi connectivity index (χ1) is 14.8. The van der Waals surface area contributed by atoms with E-state index in [4.69, 9.17) is 24.9 Å². The van der Waals surface area contributed by atoms with Crippen molar-refractivity contribution in [3.05, 3.63) is 72.1 Å². The van der Waals surface area contributed by atoms with E-state index < -0.39 is 11.2 Å². The molecule has 0 aliphatic carbocycles. The highest BCUT2D eigenvalue weighted by atomic mass is 19.1. The van der Waals surface area contributed by atoms with Crippen LogP contribution >= 0.6 is 0 Å². The Morgan fingerprint density at radius 2 is 1.87 bits per heavy atom. The summed E-state index contributed by atoms with van der Waals surface area (Å²) < 4.78 is 31.4. The molecule has 3 aromatic rings. The summed E-state index contributed by atoms with van der Waals surface area (Å²) in [6.07, 6.45) is 3.54. The van der Waals surface area contributed by atoms with Crippen molar-refractivity contribution in [1.29, 1.82) is 0 Å². The lowest BCUT2D eigenvalue weighted by Crippen LogP contribution is -2.31. The number of halogens is 1. The van der Waals surface area contributed by atoms with E-state index in [1.54, 1.807) is 24.5 Å². The molecule has 1 spiro atoms. The second kappa shape index (κ2) is 6.97. The molecule has 1 aromatic heterocycles. The van der Waals surface area contributed by atoms with Crippen molar-refractivity contribution in [3.8, 4) is 28.4 Å². The number of pyridine rings is 1. The fourth-order valence-electron chi connectivity index (χ4n) is 3.89. The monoisotopic (exact) mass is 419 g/mol. The largest absolute Gasteiger partial charge is 0.490 e. The van der Waals surface area contributed by atoms with Crippen LogP contribution in [-0.4, -0.2) is 29.9 Å². The molecule has 31 heavy (non-hydrogen) atoms. The zero-order valence-corrected chi connectivity index (χ0v) is 17.3. The van der Waals surface area contributed by atoms with Crippen molar-refractivity contribution in [2.24, 2.45) is 10.7 Å². The summed E-state index contributed by atoms with van der Waals surface area (Å²) in [6.45, 7) is 3.12. The van der Waals surface area contributed by atoms with Gasteiger partial charge in [0.25, 0.3) is 6.02 Å². The summed E-state index contributed by atoms with van der Waals surface area (Å²) in [6, 6.07) is 15.3. The van der Waals surface area contributed by atoms with Gasteiger partial charge in [0.2, 0.25) is 0 Å². The van der Waals surface area contributed by atoms with Gasteiger partial charge in [0.1, 0.15) is 36.1 Å². The second-order valence-electron chi connectivity index (χ2n) is 8.32. The molecule has 2 N–H and O–H groups in total. The van der Waals surface area contributed by atoms with Crippen LogP contribution in [-0.2, 0) is 10.3 Å². The summed E-state index contributed by atoms with van der Waals surface area (Å²) in [4.78, 5) is 8.91. The molecule has 6 nitrogen and oxygen atoms in total. The number of nitrogens with two attached hydrogens (primary N) is 1. The van der Waals surface area contributed by atoms with Crippen LogP contribution in [0.15, 0.2) is 65.9 Å². The zero-order valence-electron chi connectivity index (χ0n) is 17.3. The third-order valence-electron chi connectivity index (χ3n) is 5.35. The predicted molar refractivity (Wildman–Crippen MR) is 115 cm³/mol. The molecule has 1 atom stereocenters. The van der Waals surface area contributed by atoms with Crippen LogP contribution in [0.2, 0.25) is 0 Å². The Balaban J connectivity index is 1.63. The van der Waals surface area contributed by atoms with E-state index in [1.165, 1.54) is 13.8 Å². The van der Waals surface area contributed by atoms with Crippen LogP contribution < -0.4 is 15.2 Å². The molecule has 0 fully saturated rings. The van der Waals surface area contributed by atoms with Gasteiger partial charge in [-0.1, -0.05) is 12.1 Å². The number of hydrogen-bond acceptors (Lipinski definition) is 6. The van der Waals surface area contributed by atoms with E-state index >= 15 is 0 Å². The van der Waals surface area contributed by atoms with Crippen molar-refractivity contribution in [2.45, 2.75) is 25.1 Å². The summed E-state index contributed by atoms with van der Waals surface area (Å²) in [5.74, 6) is 1.84. The van der Waals surface area contributed by atoms with Crippen LogP contribution in [0.25, 0.3) is 11.1 Å². The van der Waals surface area contributed by atoms with Gasteiger partial charge in [0.05, 0.1) is 0 Å². The Labute approximate surface area is 179 Å². The van der Waals surface area contributed by atoms with E-state index in [2.05, 4.69) is 4.98 Å². The molecule has 2 aliphatic heterocycles. The lowest BCUT2D eigenvalue weighted by atomic mass is 9.80. The Morgan fingerprint density at radius 1 is 1.10 bits per heavy atom. The van der Waals surface area contributed by atoms with Crippen LogP contribution in [0.3, 0.4) is 0 Å². The minimum absolute atomic E-state index is 0.0662. The van der Waals surface area contributed by atoms with Gasteiger partial charge in [-0.25, -0.2) is 9.38 Å². The highest BCUT2D eigenvalue weighted by molar-refractivity contribution is 5.78. The molecule has 2 aliphatic rings. The number of amidine groups is 1. The first kappa shape index (κ1) is 19.4. The average Bonchev–Trinajstić information content (AvgIpc) is 3.15. The number of hydrogen-bond donors (Lipinski definition) is 1. The molecule has 158 valence electrons. The number of fused-ring (bicyclic) bond motifs is 4. The standard InChI is InChI=1S/C24H22FN3O3/c1-23(2,25)13-29-17-6-8-21-19(11-17)24(14-30-22(26)28-24)18-10-15(5-7-20(18)31-21)16-4-3-9-27-12-16/h3-12H,13-14H2,1-2H3,(H2,26,28)/t24-/m0/s1. The molecule has 2 aromatic carbocycles. The maximum absolute atomic E-state index is 13.9. The first-order valence-electron chi connectivity index (χ1n) is 10.0. The van der Waals surface area contributed by atoms with Gasteiger partial charge in [-0.3, -0.25) is 4.98 Å². The highest BCUT2D eigenvalue weighted by Gasteiger charge is 2.47. The van der Waals surface area contributed by atoms with Gasteiger partial charge in [-0.05, 0) is 55.8 Å². The van der Waals surface area contributed by atoms with Gasteiger partial charge in [0.15, 0.2) is 5.54 Å². The van der Waals surface area contributed by atoms with Crippen molar-refractivity contribution in [1.82, 2.24) is 4.98 Å². The fourth-order valence-corrected chi connectivity index (χ4v) is 3.89. The maximum atomic E-state index is 13.9. The lowest BCUT2D eigenvalue weighted by Gasteiger charge is -2.34. The number of ether oxygens (including phenoxy) is 3. The Hall–Kier alpha value is -3.61. The van der Waals surface area contributed by atoms with Crippen LogP contribution in [0, 0.1) is 0 Å². The summed E-state index contributed by atoms with van der Waals surface area (Å²) in [5, 5.41) is 0. The smallest absolute Gasteiger partial charge is 0.283 e. The van der Waals surface area contributed by atoms with Gasteiger partial charge >= 0.3 is 0 Å². The second-order valence-corrected chi connectivity index (χ2v) is 8.32. The zero-order chi connectivity index (χ0) is 21.6. The van der Waals surface area contributed by atoms with Crippen LogP contribution in [0.1, 0.15) is 25.0 Å². The van der Waals surface area contributed by atoms with Gasteiger partial charge in [0, 0.05) is 29.1 Å². The quantitative estimate of drug-likeness (QED) is 0.670. The number of aliphatic imine (C=N–C) groups is 1. The lowest BCUT2D eigenvalue weighted by molar-refractivity contribution is 0.120. The van der Waals surface area contributed by atoms with Crippen molar-refractivity contribution < 1.29 is 18.6 Å². The van der Waals surface area contributed by atoms with Crippen molar-refractivity contribution >= 4 is 6.02 Å². The number of aromatic nitrogens is 1. The van der Waals surface area contributed by atoms with E-state index in [0.29, 0.717) is 17.2 Å². The topological polar surface area (TPSA) is 79.0 Å². The minimum atomic E-state index is -1.45. The van der Waals surface area contributed by atoms with E-state index in [0.717, 1.165) is 22.3 Å².